The summed E-state index contributed by atoms with van der Waals surface area (Å²) in [5, 5.41) is 7.86. The summed E-state index contributed by atoms with van der Waals surface area (Å²) in [6, 6.07) is 10.2. The predicted octanol–water partition coefficient (Wildman–Crippen LogP) is 4.85. The number of hydrogen-bond donors (Lipinski definition) is 2. The summed E-state index contributed by atoms with van der Waals surface area (Å²) >= 11 is 7.12. The topological polar surface area (TPSA) is 50.4 Å². The van der Waals surface area contributed by atoms with Gasteiger partial charge in [-0.3, -0.25) is 0 Å². The van der Waals surface area contributed by atoms with Gasteiger partial charge < -0.3 is 15.4 Å². The van der Waals surface area contributed by atoms with Crippen LogP contribution in [0.4, 0.5) is 5.00 Å². The van der Waals surface area contributed by atoms with Crippen LogP contribution in [0.3, 0.4) is 0 Å². The van der Waals surface area contributed by atoms with E-state index in [0.29, 0.717) is 17.3 Å². The van der Waals surface area contributed by atoms with E-state index in [2.05, 4.69) is 29.7 Å². The van der Waals surface area contributed by atoms with Gasteiger partial charge in [-0.2, -0.15) is 0 Å². The lowest BCUT2D eigenvalue weighted by Crippen LogP contribution is -2.31. The molecule has 1 heterocycles. The van der Waals surface area contributed by atoms with E-state index in [9.17, 15) is 4.79 Å². The highest BCUT2D eigenvalue weighted by Crippen LogP contribution is 2.38. The molecule has 1 aliphatic rings. The van der Waals surface area contributed by atoms with Gasteiger partial charge in [-0.05, 0) is 62.9 Å². The fraction of sp³-hybridized carbons (Fsp3) is 0.400. The van der Waals surface area contributed by atoms with Crippen molar-refractivity contribution in [2.75, 3.05) is 11.9 Å². The Labute approximate surface area is 164 Å². The Morgan fingerprint density at radius 1 is 1.27 bits per heavy atom. The van der Waals surface area contributed by atoms with Crippen LogP contribution < -0.4 is 10.6 Å². The zero-order chi connectivity index (χ0) is 18.5. The number of carbonyl (C=O) groups is 1. The van der Waals surface area contributed by atoms with E-state index < -0.39 is 0 Å². The summed E-state index contributed by atoms with van der Waals surface area (Å²) in [5.74, 6) is -0.256. The molecule has 0 fully saturated rings. The number of benzene rings is 1. The second kappa shape index (κ2) is 8.64. The Morgan fingerprint density at radius 2 is 2.00 bits per heavy atom. The van der Waals surface area contributed by atoms with Gasteiger partial charge in [-0.1, -0.05) is 30.3 Å². The molecule has 1 aliphatic carbocycles. The molecule has 2 aromatic rings. The monoisotopic (exact) mass is 388 g/mol. The molecule has 1 aromatic carbocycles. The molecule has 6 heteroatoms. The molecule has 0 spiro atoms. The first-order valence-corrected chi connectivity index (χ1v) is 10.3. The third-order valence-corrected chi connectivity index (χ3v) is 5.95. The number of esters is 1. The third-order valence-electron chi connectivity index (χ3n) is 4.53. The van der Waals surface area contributed by atoms with Crippen molar-refractivity contribution in [2.45, 2.75) is 45.6 Å². The van der Waals surface area contributed by atoms with Crippen LogP contribution in [-0.2, 0) is 17.6 Å². The van der Waals surface area contributed by atoms with Gasteiger partial charge in [0.15, 0.2) is 5.11 Å². The van der Waals surface area contributed by atoms with Gasteiger partial charge >= 0.3 is 5.97 Å². The maximum Gasteiger partial charge on any atom is 0.341 e. The van der Waals surface area contributed by atoms with Crippen LogP contribution >= 0.6 is 23.6 Å². The molecular weight excluding hydrogens is 364 g/mol. The van der Waals surface area contributed by atoms with E-state index in [-0.39, 0.29) is 12.0 Å². The summed E-state index contributed by atoms with van der Waals surface area (Å²) in [7, 11) is 0. The smallest absolute Gasteiger partial charge is 0.341 e. The van der Waals surface area contributed by atoms with E-state index in [1.807, 2.05) is 25.1 Å². The quantitative estimate of drug-likeness (QED) is 0.566. The Hall–Kier alpha value is -1.92. The minimum atomic E-state index is -0.256. The van der Waals surface area contributed by atoms with Crippen LogP contribution in [0.5, 0.6) is 0 Å². The second-order valence-corrected chi connectivity index (χ2v) is 7.88. The van der Waals surface area contributed by atoms with Gasteiger partial charge in [0.2, 0.25) is 0 Å². The number of fused-ring (bicyclic) bond motifs is 1. The summed E-state index contributed by atoms with van der Waals surface area (Å²) < 4.78 is 5.29. The molecule has 4 nitrogen and oxygen atoms in total. The molecule has 2 N–H and O–H groups in total. The number of rotatable bonds is 5. The van der Waals surface area contributed by atoms with E-state index in [1.165, 1.54) is 11.3 Å². The van der Waals surface area contributed by atoms with E-state index in [1.54, 1.807) is 11.3 Å². The van der Waals surface area contributed by atoms with Gasteiger partial charge in [0.05, 0.1) is 18.2 Å². The summed E-state index contributed by atoms with van der Waals surface area (Å²) in [5.41, 5.74) is 2.97. The average molecular weight is 389 g/mol. The van der Waals surface area contributed by atoms with Crippen molar-refractivity contribution >= 4 is 39.6 Å². The SMILES string of the molecule is CCOC(=O)c1c(NC(=S)NC(C)c2ccccc2)sc2c1CCCC2. The van der Waals surface area contributed by atoms with Gasteiger partial charge in [0.25, 0.3) is 0 Å². The normalized spacial score (nSPS) is 14.2. The number of thiophene rings is 1. The van der Waals surface area contributed by atoms with E-state index in [0.717, 1.165) is 35.4 Å². The van der Waals surface area contributed by atoms with Crippen LogP contribution in [0.1, 0.15) is 59.1 Å². The number of thiocarbonyl (C=S) groups is 1. The second-order valence-electron chi connectivity index (χ2n) is 6.37. The fourth-order valence-corrected chi connectivity index (χ4v) is 4.86. The zero-order valence-electron chi connectivity index (χ0n) is 15.1. The largest absolute Gasteiger partial charge is 0.462 e. The van der Waals surface area contributed by atoms with Crippen LogP contribution in [-0.4, -0.2) is 17.7 Å². The molecule has 0 saturated carbocycles. The van der Waals surface area contributed by atoms with Crippen molar-refractivity contribution < 1.29 is 9.53 Å². The molecule has 1 aromatic heterocycles. The third kappa shape index (κ3) is 4.24. The first-order chi connectivity index (χ1) is 12.6. The van der Waals surface area contributed by atoms with Crippen molar-refractivity contribution in [1.82, 2.24) is 5.32 Å². The van der Waals surface area contributed by atoms with Gasteiger partial charge in [-0.15, -0.1) is 11.3 Å². The standard InChI is InChI=1S/C20H24N2O2S2/c1-3-24-19(23)17-15-11-7-8-12-16(15)26-18(17)22-20(25)21-13(2)14-9-5-4-6-10-14/h4-6,9-10,13H,3,7-8,11-12H2,1-2H3,(H2,21,22,25). The van der Waals surface area contributed by atoms with Crippen molar-refractivity contribution in [3.05, 3.63) is 51.9 Å². The molecule has 0 radical (unpaired) electrons. The molecule has 1 atom stereocenters. The highest BCUT2D eigenvalue weighted by molar-refractivity contribution is 7.80. The maximum atomic E-state index is 12.5. The molecule has 0 bridgehead atoms. The molecule has 0 amide bonds. The zero-order valence-corrected chi connectivity index (χ0v) is 16.8. The van der Waals surface area contributed by atoms with Crippen molar-refractivity contribution in [1.29, 1.82) is 0 Å². The Balaban J connectivity index is 1.77. The van der Waals surface area contributed by atoms with Crippen molar-refractivity contribution in [2.24, 2.45) is 0 Å². The van der Waals surface area contributed by atoms with E-state index >= 15 is 0 Å². The van der Waals surface area contributed by atoms with Crippen LogP contribution in [0.15, 0.2) is 30.3 Å². The number of carbonyl (C=O) groups excluding carboxylic acids is 1. The first kappa shape index (κ1) is 18.9. The molecule has 1 unspecified atom stereocenters. The highest BCUT2D eigenvalue weighted by Gasteiger charge is 2.26. The molecular formula is C20H24N2O2S2. The molecule has 138 valence electrons. The number of anilines is 1. The highest BCUT2D eigenvalue weighted by atomic mass is 32.1. The van der Waals surface area contributed by atoms with Gasteiger partial charge in [0.1, 0.15) is 5.00 Å². The Kier molecular flexibility index (Phi) is 6.27. The molecule has 0 saturated heterocycles. The summed E-state index contributed by atoms with van der Waals surface area (Å²) in [6.45, 7) is 4.27. The lowest BCUT2D eigenvalue weighted by molar-refractivity contribution is 0.0526. The van der Waals surface area contributed by atoms with Gasteiger partial charge in [0, 0.05) is 4.88 Å². The number of ether oxygens (including phenoxy) is 1. The maximum absolute atomic E-state index is 12.5. The van der Waals surface area contributed by atoms with Crippen molar-refractivity contribution in [3.8, 4) is 0 Å². The summed E-state index contributed by atoms with van der Waals surface area (Å²) in [6.07, 6.45) is 4.24. The number of nitrogens with one attached hydrogen (secondary N) is 2. The van der Waals surface area contributed by atoms with Crippen LogP contribution in [0.2, 0.25) is 0 Å². The minimum absolute atomic E-state index is 0.0804. The average Bonchev–Trinajstić information content (AvgIpc) is 3.00. The lowest BCUT2D eigenvalue weighted by atomic mass is 9.95. The van der Waals surface area contributed by atoms with Crippen LogP contribution in [0.25, 0.3) is 0 Å². The fourth-order valence-electron chi connectivity index (χ4n) is 3.23. The number of aryl methyl sites for hydroxylation is 1. The predicted molar refractivity (Wildman–Crippen MR) is 111 cm³/mol. The minimum Gasteiger partial charge on any atom is -0.462 e. The van der Waals surface area contributed by atoms with Crippen LogP contribution in [0, 0.1) is 0 Å². The molecule has 3 rings (SSSR count). The van der Waals surface area contributed by atoms with E-state index in [4.69, 9.17) is 17.0 Å². The Morgan fingerprint density at radius 3 is 2.73 bits per heavy atom. The Bertz CT molecular complexity index is 787. The summed E-state index contributed by atoms with van der Waals surface area (Å²) in [4.78, 5) is 13.8. The van der Waals surface area contributed by atoms with Crippen molar-refractivity contribution in [3.63, 3.8) is 0 Å². The molecule has 0 aliphatic heterocycles. The number of hydrogen-bond acceptors (Lipinski definition) is 4. The first-order valence-electron chi connectivity index (χ1n) is 9.04. The molecule has 26 heavy (non-hydrogen) atoms. The van der Waals surface area contributed by atoms with Gasteiger partial charge in [-0.25, -0.2) is 4.79 Å². The lowest BCUT2D eigenvalue weighted by Gasteiger charge is -2.17.